The van der Waals surface area contributed by atoms with Gasteiger partial charge in [-0.05, 0) is 43.6 Å². The van der Waals surface area contributed by atoms with Crippen LogP contribution in [0.5, 0.6) is 11.5 Å². The highest BCUT2D eigenvalue weighted by Crippen LogP contribution is 2.29. The van der Waals surface area contributed by atoms with E-state index in [-0.39, 0.29) is 0 Å². The largest absolute Gasteiger partial charge is 0.493 e. The Kier molecular flexibility index (Phi) is 9.25. The van der Waals surface area contributed by atoms with E-state index in [4.69, 9.17) is 9.47 Å². The Morgan fingerprint density at radius 3 is 2.39 bits per heavy atom. The number of aliphatic hydroxyl groups excluding tert-OH is 1. The van der Waals surface area contributed by atoms with Crippen LogP contribution in [-0.4, -0.2) is 79.0 Å². The van der Waals surface area contributed by atoms with Crippen molar-refractivity contribution in [2.24, 2.45) is 0 Å². The van der Waals surface area contributed by atoms with Gasteiger partial charge in [0.2, 0.25) is 0 Å². The van der Waals surface area contributed by atoms with Gasteiger partial charge in [-0.3, -0.25) is 9.80 Å². The maximum Gasteiger partial charge on any atom is 0.161 e. The Morgan fingerprint density at radius 1 is 0.964 bits per heavy atom. The molecule has 0 radical (unpaired) electrons. The van der Waals surface area contributed by atoms with E-state index in [1.54, 1.807) is 7.11 Å². The fourth-order valence-corrected chi connectivity index (χ4v) is 4.96. The van der Waals surface area contributed by atoms with Crippen molar-refractivity contribution >= 4 is 11.8 Å². The Hall–Kier alpha value is -0.950. The number of nitrogens with zero attached hydrogens (tertiary/aromatic N) is 2. The van der Waals surface area contributed by atoms with Gasteiger partial charge in [0.25, 0.3) is 0 Å². The molecule has 158 valence electrons. The number of β-amino-alcohol motifs (C(OH)–C–C–N with tert-alkyl or cyclic N) is 1. The third-order valence-corrected chi connectivity index (χ3v) is 6.53. The smallest absolute Gasteiger partial charge is 0.161 e. The van der Waals surface area contributed by atoms with E-state index in [9.17, 15) is 5.11 Å². The average molecular weight is 409 g/mol. The fraction of sp³-hybridized carbons (Fsp3) is 0.727. The van der Waals surface area contributed by atoms with Gasteiger partial charge in [-0.2, -0.15) is 11.8 Å². The van der Waals surface area contributed by atoms with Gasteiger partial charge in [0.1, 0.15) is 12.7 Å². The number of methoxy groups -OCH3 is 1. The van der Waals surface area contributed by atoms with Crippen LogP contribution in [0, 0.1) is 0 Å². The second kappa shape index (κ2) is 11.9. The van der Waals surface area contributed by atoms with Crippen LogP contribution in [0.25, 0.3) is 0 Å². The minimum absolute atomic E-state index is 0.297. The monoisotopic (exact) mass is 408 g/mol. The van der Waals surface area contributed by atoms with Gasteiger partial charge >= 0.3 is 0 Å². The van der Waals surface area contributed by atoms with Crippen molar-refractivity contribution in [3.8, 4) is 11.5 Å². The van der Waals surface area contributed by atoms with Crippen molar-refractivity contribution in [1.82, 2.24) is 9.80 Å². The molecule has 1 aromatic carbocycles. The zero-order chi connectivity index (χ0) is 19.6. The Bertz CT molecular complexity index is 573. The topological polar surface area (TPSA) is 45.2 Å². The summed E-state index contributed by atoms with van der Waals surface area (Å²) in [5.74, 6) is 3.78. The summed E-state index contributed by atoms with van der Waals surface area (Å²) in [6.07, 6.45) is 6.21. The lowest BCUT2D eigenvalue weighted by Crippen LogP contribution is -2.40. The van der Waals surface area contributed by atoms with E-state index < -0.39 is 6.10 Å². The summed E-state index contributed by atoms with van der Waals surface area (Å²) in [5, 5.41) is 10.3. The molecule has 2 aliphatic rings. The van der Waals surface area contributed by atoms with E-state index in [2.05, 4.69) is 21.9 Å². The molecule has 1 aromatic rings. The molecule has 0 aromatic heterocycles. The second-order valence-electron chi connectivity index (χ2n) is 7.91. The predicted octanol–water partition coefficient (Wildman–Crippen LogP) is 3.25. The molecule has 1 atom stereocenters. The average Bonchev–Trinajstić information content (AvgIpc) is 2.69. The summed E-state index contributed by atoms with van der Waals surface area (Å²) in [4.78, 5) is 4.86. The quantitative estimate of drug-likeness (QED) is 0.712. The molecule has 2 heterocycles. The van der Waals surface area contributed by atoms with Crippen molar-refractivity contribution in [1.29, 1.82) is 0 Å². The number of rotatable bonds is 8. The molecule has 2 aliphatic heterocycles. The normalized spacial score (nSPS) is 20.9. The summed E-state index contributed by atoms with van der Waals surface area (Å²) in [6.45, 7) is 6.41. The van der Waals surface area contributed by atoms with Crippen LogP contribution in [0.4, 0.5) is 0 Å². The maximum absolute atomic E-state index is 10.3. The summed E-state index contributed by atoms with van der Waals surface area (Å²) < 4.78 is 11.5. The molecule has 6 heteroatoms. The highest BCUT2D eigenvalue weighted by molar-refractivity contribution is 7.99. The lowest BCUT2D eigenvalue weighted by Gasteiger charge is -2.28. The van der Waals surface area contributed by atoms with Gasteiger partial charge in [-0.1, -0.05) is 25.3 Å². The van der Waals surface area contributed by atoms with Gasteiger partial charge < -0.3 is 14.6 Å². The predicted molar refractivity (Wildman–Crippen MR) is 117 cm³/mol. The first kappa shape index (κ1) is 21.8. The van der Waals surface area contributed by atoms with Crippen molar-refractivity contribution in [3.05, 3.63) is 23.8 Å². The van der Waals surface area contributed by atoms with E-state index >= 15 is 0 Å². The van der Waals surface area contributed by atoms with Crippen molar-refractivity contribution in [2.75, 3.05) is 57.9 Å². The summed E-state index contributed by atoms with van der Waals surface area (Å²) in [5.41, 5.74) is 1.26. The lowest BCUT2D eigenvalue weighted by molar-refractivity contribution is 0.0704. The molecule has 0 saturated carbocycles. The minimum Gasteiger partial charge on any atom is -0.493 e. The van der Waals surface area contributed by atoms with Crippen LogP contribution >= 0.6 is 11.8 Å². The number of aliphatic hydroxyl groups is 1. The Labute approximate surface area is 174 Å². The summed E-state index contributed by atoms with van der Waals surface area (Å²) in [6, 6.07) is 6.20. The van der Waals surface area contributed by atoms with Crippen molar-refractivity contribution in [3.63, 3.8) is 0 Å². The van der Waals surface area contributed by atoms with Gasteiger partial charge in [0.05, 0.1) is 7.11 Å². The van der Waals surface area contributed by atoms with E-state index in [1.165, 1.54) is 50.8 Å². The number of thioether (sulfide) groups is 1. The third kappa shape index (κ3) is 7.14. The van der Waals surface area contributed by atoms with E-state index in [0.717, 1.165) is 36.9 Å². The molecule has 2 fully saturated rings. The number of likely N-dealkylation sites (tertiary alicyclic amines) is 1. The highest BCUT2D eigenvalue weighted by atomic mass is 32.2. The first-order chi connectivity index (χ1) is 13.7. The number of benzene rings is 1. The van der Waals surface area contributed by atoms with Gasteiger partial charge in [0, 0.05) is 37.7 Å². The molecule has 0 spiro atoms. The van der Waals surface area contributed by atoms with Crippen molar-refractivity contribution in [2.45, 2.75) is 44.8 Å². The second-order valence-corrected chi connectivity index (χ2v) is 9.13. The fourth-order valence-electron chi connectivity index (χ4n) is 3.98. The number of hydrogen-bond acceptors (Lipinski definition) is 6. The Morgan fingerprint density at radius 2 is 1.68 bits per heavy atom. The van der Waals surface area contributed by atoms with E-state index in [1.807, 2.05) is 17.8 Å². The minimum atomic E-state index is -0.478. The molecule has 0 aliphatic carbocycles. The first-order valence-electron chi connectivity index (χ1n) is 10.7. The molecular weight excluding hydrogens is 372 g/mol. The molecule has 0 amide bonds. The first-order valence-corrected chi connectivity index (χ1v) is 11.9. The molecule has 0 bridgehead atoms. The Balaban J connectivity index is 1.50. The SMILES string of the molecule is COc1cc(CN2CCCCCCC2)ccc1OCC(O)CN1CCSCC1. The number of hydrogen-bond donors (Lipinski definition) is 1. The maximum atomic E-state index is 10.3. The van der Waals surface area contributed by atoms with Gasteiger partial charge in [-0.15, -0.1) is 0 Å². The van der Waals surface area contributed by atoms with Crippen molar-refractivity contribution < 1.29 is 14.6 Å². The molecule has 1 N–H and O–H groups in total. The van der Waals surface area contributed by atoms with Gasteiger partial charge in [-0.25, -0.2) is 0 Å². The molecule has 1 unspecified atom stereocenters. The van der Waals surface area contributed by atoms with Crippen LogP contribution in [0.15, 0.2) is 18.2 Å². The van der Waals surface area contributed by atoms with Crippen LogP contribution in [0.1, 0.15) is 37.7 Å². The highest BCUT2D eigenvalue weighted by Gasteiger charge is 2.16. The van der Waals surface area contributed by atoms with Gasteiger partial charge in [0.15, 0.2) is 11.5 Å². The molecule has 28 heavy (non-hydrogen) atoms. The summed E-state index contributed by atoms with van der Waals surface area (Å²) >= 11 is 1.98. The molecular formula is C22H36N2O3S. The zero-order valence-electron chi connectivity index (χ0n) is 17.3. The van der Waals surface area contributed by atoms with Crippen LogP contribution in [0.2, 0.25) is 0 Å². The van der Waals surface area contributed by atoms with E-state index in [0.29, 0.717) is 18.9 Å². The molecule has 3 rings (SSSR count). The summed E-state index contributed by atoms with van der Waals surface area (Å²) in [7, 11) is 1.68. The van der Waals surface area contributed by atoms with Crippen LogP contribution in [0.3, 0.4) is 0 Å². The molecule has 5 nitrogen and oxygen atoms in total. The lowest BCUT2D eigenvalue weighted by atomic mass is 10.1. The van der Waals surface area contributed by atoms with Crippen LogP contribution < -0.4 is 9.47 Å². The third-order valence-electron chi connectivity index (χ3n) is 5.59. The standard InChI is InChI=1S/C22H36N2O3S/c1-26-22-15-19(16-23-9-5-3-2-4-6-10-23)7-8-21(22)27-18-20(25)17-24-11-13-28-14-12-24/h7-8,15,20,25H,2-6,9-14,16-18H2,1H3. The molecule has 2 saturated heterocycles. The zero-order valence-corrected chi connectivity index (χ0v) is 18.1. The number of ether oxygens (including phenoxy) is 2. The van der Waals surface area contributed by atoms with Crippen LogP contribution in [-0.2, 0) is 6.54 Å².